The van der Waals surface area contributed by atoms with Crippen LogP contribution in [0.15, 0.2) is 84.9 Å². The molecule has 1 aliphatic heterocycles. The molecule has 1 heterocycles. The van der Waals surface area contributed by atoms with Gasteiger partial charge in [-0.1, -0.05) is 48.5 Å². The highest BCUT2D eigenvalue weighted by molar-refractivity contribution is 7.74. The van der Waals surface area contributed by atoms with Gasteiger partial charge in [0.05, 0.1) is 12.8 Å². The molecule has 4 rings (SSSR count). The van der Waals surface area contributed by atoms with Crippen LogP contribution < -0.4 is 14.1 Å². The van der Waals surface area contributed by atoms with E-state index >= 15 is 0 Å². The summed E-state index contributed by atoms with van der Waals surface area (Å²) in [6, 6.07) is 27.6. The van der Waals surface area contributed by atoms with E-state index in [1.807, 2.05) is 84.9 Å². The zero-order valence-corrected chi connectivity index (χ0v) is 17.9. The number of methoxy groups -OCH3 is 1. The summed E-state index contributed by atoms with van der Waals surface area (Å²) in [5, 5.41) is 0. The number of nitrogens with zero attached hydrogens (tertiary/aromatic N) is 2. The quantitative estimate of drug-likeness (QED) is 0.425. The average molecular weight is 421 g/mol. The van der Waals surface area contributed by atoms with Crippen molar-refractivity contribution in [2.75, 3.05) is 29.5 Å². The molecule has 1 N–H and O–H groups in total. The van der Waals surface area contributed by atoms with Crippen LogP contribution in [0.3, 0.4) is 0 Å². The van der Waals surface area contributed by atoms with Crippen molar-refractivity contribution >= 4 is 25.5 Å². The lowest BCUT2D eigenvalue weighted by Gasteiger charge is -2.47. The first kappa shape index (κ1) is 20.4. The molecule has 6 heteroatoms. The van der Waals surface area contributed by atoms with Crippen LogP contribution in [0.4, 0.5) is 11.4 Å². The summed E-state index contributed by atoms with van der Waals surface area (Å²) in [6.07, 6.45) is 1.15. The maximum atomic E-state index is 12.5. The number of rotatable bonds is 7. The predicted octanol–water partition coefficient (Wildman–Crippen LogP) is 5.11. The first-order valence-corrected chi connectivity index (χ1v) is 11.8. The molecule has 0 aromatic heterocycles. The summed E-state index contributed by atoms with van der Waals surface area (Å²) in [5.74, 6) is 0.750. The lowest BCUT2D eigenvalue weighted by molar-refractivity contribution is -0.107. The molecule has 1 aliphatic rings. The maximum absolute atomic E-state index is 12.5. The average Bonchev–Trinajstić information content (AvgIpc) is 3.16. The molecule has 0 amide bonds. The Labute approximate surface area is 178 Å². The topological polar surface area (TPSA) is 53.0 Å². The third-order valence-electron chi connectivity index (χ3n) is 5.58. The van der Waals surface area contributed by atoms with Gasteiger partial charge in [-0.2, -0.15) is 0 Å². The van der Waals surface area contributed by atoms with Gasteiger partial charge in [-0.05, 0) is 42.0 Å². The van der Waals surface area contributed by atoms with Gasteiger partial charge in [-0.25, -0.2) is 0 Å². The normalized spacial score (nSPS) is 16.3. The van der Waals surface area contributed by atoms with E-state index in [2.05, 4.69) is 9.34 Å². The van der Waals surface area contributed by atoms with Crippen LogP contribution in [0.5, 0.6) is 5.75 Å². The Bertz CT molecular complexity index is 919. The number of hydrogen-bond acceptors (Lipinski definition) is 5. The molecular formula is C24H26N2O3P. The number of ether oxygens (including phenoxy) is 1. The van der Waals surface area contributed by atoms with Crippen molar-refractivity contribution in [3.8, 4) is 5.75 Å². The summed E-state index contributed by atoms with van der Waals surface area (Å²) in [5.41, 5.74) is 2.53. The Kier molecular flexibility index (Phi) is 6.03. The van der Waals surface area contributed by atoms with Crippen LogP contribution in [0.2, 0.25) is 0 Å². The molecular weight excluding hydrogens is 395 g/mol. The second-order valence-corrected chi connectivity index (χ2v) is 10.0. The number of aldehydes is 1. The number of para-hydroxylation sites is 2. The first-order chi connectivity index (χ1) is 14.7. The van der Waals surface area contributed by atoms with E-state index < -0.39 is 7.79 Å². The fourth-order valence-electron chi connectivity index (χ4n) is 4.14. The summed E-state index contributed by atoms with van der Waals surface area (Å²) in [6.45, 7) is 1.38. The van der Waals surface area contributed by atoms with Gasteiger partial charge < -0.3 is 23.8 Å². The van der Waals surface area contributed by atoms with Crippen molar-refractivity contribution in [1.82, 2.24) is 0 Å². The van der Waals surface area contributed by atoms with Crippen molar-refractivity contribution in [1.29, 1.82) is 0 Å². The summed E-state index contributed by atoms with van der Waals surface area (Å²) >= 11 is 0. The minimum Gasteiger partial charge on any atom is -0.497 e. The molecule has 3 aromatic carbocycles. The van der Waals surface area contributed by atoms with Crippen LogP contribution in [-0.2, 0) is 4.79 Å². The highest BCUT2D eigenvalue weighted by Gasteiger charge is 2.51. The molecule has 3 aromatic rings. The second-order valence-electron chi connectivity index (χ2n) is 7.22. The molecule has 0 bridgehead atoms. The van der Waals surface area contributed by atoms with E-state index in [-0.39, 0.29) is 12.1 Å². The maximum Gasteiger partial charge on any atom is 0.169 e. The van der Waals surface area contributed by atoms with E-state index in [1.165, 1.54) is 0 Å². The number of anilines is 2. The number of carbonyl (C=O) groups excluding carboxylic acids is 1. The predicted molar refractivity (Wildman–Crippen MR) is 123 cm³/mol. The van der Waals surface area contributed by atoms with Crippen molar-refractivity contribution in [2.45, 2.75) is 12.1 Å². The van der Waals surface area contributed by atoms with E-state index in [0.29, 0.717) is 13.1 Å². The first-order valence-electron chi connectivity index (χ1n) is 10.0. The van der Waals surface area contributed by atoms with Gasteiger partial charge in [-0.15, -0.1) is 0 Å². The Morgan fingerprint density at radius 1 is 0.900 bits per heavy atom. The van der Waals surface area contributed by atoms with Crippen LogP contribution in [0.1, 0.15) is 17.6 Å². The molecule has 5 nitrogen and oxygen atoms in total. The molecule has 1 saturated heterocycles. The zero-order chi connectivity index (χ0) is 21.0. The smallest absolute Gasteiger partial charge is 0.169 e. The number of benzene rings is 3. The van der Waals surface area contributed by atoms with Crippen molar-refractivity contribution in [3.05, 3.63) is 90.5 Å². The molecule has 0 saturated carbocycles. The molecule has 30 heavy (non-hydrogen) atoms. The molecule has 155 valence electrons. The van der Waals surface area contributed by atoms with Crippen molar-refractivity contribution in [2.24, 2.45) is 0 Å². The van der Waals surface area contributed by atoms with E-state index in [9.17, 15) is 9.69 Å². The van der Waals surface area contributed by atoms with Gasteiger partial charge in [0.1, 0.15) is 12.0 Å². The highest BCUT2D eigenvalue weighted by Crippen LogP contribution is 2.75. The lowest BCUT2D eigenvalue weighted by Crippen LogP contribution is -2.29. The summed E-state index contributed by atoms with van der Waals surface area (Å²) in [4.78, 5) is 24.2. The largest absolute Gasteiger partial charge is 0.497 e. The monoisotopic (exact) mass is 421 g/mol. The Morgan fingerprint density at radius 2 is 1.40 bits per heavy atom. The zero-order valence-electron chi connectivity index (χ0n) is 17.0. The molecule has 1 radical (unpaired) electrons. The number of carbonyl (C=O) groups is 1. The van der Waals surface area contributed by atoms with Crippen LogP contribution in [0.25, 0.3) is 0 Å². The fraction of sp³-hybridized carbons (Fsp3) is 0.208. The van der Waals surface area contributed by atoms with Gasteiger partial charge in [0, 0.05) is 30.9 Å². The fourth-order valence-corrected chi connectivity index (χ4v) is 7.73. The second kappa shape index (κ2) is 8.86. The van der Waals surface area contributed by atoms with Crippen molar-refractivity contribution in [3.63, 3.8) is 0 Å². The van der Waals surface area contributed by atoms with Gasteiger partial charge >= 0.3 is 0 Å². The number of hydrogen-bond donors (Lipinski definition) is 1. The molecule has 0 spiro atoms. The van der Waals surface area contributed by atoms with Gasteiger partial charge in [0.25, 0.3) is 0 Å². The summed E-state index contributed by atoms with van der Waals surface area (Å²) < 4.78 is 9.52. The van der Waals surface area contributed by atoms with Gasteiger partial charge in [0.15, 0.2) is 7.79 Å². The third kappa shape index (κ3) is 3.67. The molecule has 0 aliphatic carbocycles. The minimum atomic E-state index is -2.96. The van der Waals surface area contributed by atoms with Crippen LogP contribution in [0, 0.1) is 0 Å². The molecule has 1 atom stereocenters. The lowest BCUT2D eigenvalue weighted by atomic mass is 10.1. The standard InChI is InChI=1S/C24H26N2O3P/c1-29-23-14-12-20(13-15-23)24(16-19-27)30(28)25(21-8-4-2-5-9-21)17-18-26(30)22-10-6-3-7-11-22/h2-15,19,24,28H,16-18H2,1H3. The van der Waals surface area contributed by atoms with E-state index in [1.54, 1.807) is 7.11 Å². The summed E-state index contributed by atoms with van der Waals surface area (Å²) in [7, 11) is -1.33. The Balaban J connectivity index is 1.84. The van der Waals surface area contributed by atoms with Crippen molar-refractivity contribution < 1.29 is 14.4 Å². The van der Waals surface area contributed by atoms with Gasteiger partial charge in [0.2, 0.25) is 0 Å². The Morgan fingerprint density at radius 3 is 1.83 bits per heavy atom. The van der Waals surface area contributed by atoms with E-state index in [0.717, 1.165) is 29.0 Å². The molecule has 1 unspecified atom stereocenters. The van der Waals surface area contributed by atoms with E-state index in [4.69, 9.17) is 4.74 Å². The van der Waals surface area contributed by atoms with Crippen LogP contribution in [-0.4, -0.2) is 31.4 Å². The molecule has 1 fully saturated rings. The minimum absolute atomic E-state index is 0.239. The third-order valence-corrected chi connectivity index (χ3v) is 9.21. The SMILES string of the molecule is COc1ccc(C(CC=O)[P]2(O)N(c3ccccc3)CCN2c2ccccc2)cc1. The van der Waals surface area contributed by atoms with Crippen LogP contribution >= 0.6 is 7.79 Å². The van der Waals surface area contributed by atoms with Gasteiger partial charge in [-0.3, -0.25) is 0 Å². The highest BCUT2D eigenvalue weighted by atomic mass is 31.2. The Hall–Kier alpha value is -2.88.